The number of hydrogen-bond donors (Lipinski definition) is 4. The van der Waals surface area contributed by atoms with Gasteiger partial charge < -0.3 is 15.9 Å². The van der Waals surface area contributed by atoms with E-state index in [1.54, 1.807) is 0 Å². The Bertz CT molecular complexity index is 644. The van der Waals surface area contributed by atoms with Gasteiger partial charge in [-0.15, -0.1) is 0 Å². The normalized spacial score (nSPS) is 22.9. The summed E-state index contributed by atoms with van der Waals surface area (Å²) in [5.74, 6) is -1.18. The van der Waals surface area contributed by atoms with Gasteiger partial charge in [-0.3, -0.25) is 0 Å². The van der Waals surface area contributed by atoms with E-state index in [0.29, 0.717) is 12.8 Å². The minimum absolute atomic E-state index is 0.0795. The number of benzene rings is 1. The van der Waals surface area contributed by atoms with Crippen molar-refractivity contribution >= 4 is 21.7 Å². The fraction of sp³-hybridized carbons (Fsp3) is 0.462. The van der Waals surface area contributed by atoms with E-state index >= 15 is 0 Å². The minimum Gasteiger partial charge on any atom is -0.478 e. The predicted molar refractivity (Wildman–Crippen MR) is 76.4 cm³/mol. The SMILES string of the molecule is Nc1cc(C(=O)O)ccc1S(=O)(=O)NC1CCCCC1O. The molecule has 0 spiro atoms. The first-order valence-electron chi connectivity index (χ1n) is 6.64. The van der Waals surface area contributed by atoms with Gasteiger partial charge in [-0.25, -0.2) is 17.9 Å². The van der Waals surface area contributed by atoms with Gasteiger partial charge in [-0.2, -0.15) is 0 Å². The van der Waals surface area contributed by atoms with Crippen LogP contribution in [0.4, 0.5) is 5.69 Å². The third kappa shape index (κ3) is 3.52. The standard InChI is InChI=1S/C13H18N2O5S/c14-9-7-8(13(17)18)5-6-12(9)21(19,20)15-10-3-1-2-4-11(10)16/h5-7,10-11,15-16H,1-4,14H2,(H,17,18). The summed E-state index contributed by atoms with van der Waals surface area (Å²) in [5, 5.41) is 18.7. The largest absolute Gasteiger partial charge is 0.478 e. The molecular formula is C13H18N2O5S. The number of sulfonamides is 1. The molecule has 8 heteroatoms. The molecular weight excluding hydrogens is 296 g/mol. The molecule has 1 fully saturated rings. The van der Waals surface area contributed by atoms with Crippen molar-refractivity contribution in [1.82, 2.24) is 4.72 Å². The Balaban J connectivity index is 2.25. The van der Waals surface area contributed by atoms with E-state index in [2.05, 4.69) is 4.72 Å². The maximum absolute atomic E-state index is 12.3. The summed E-state index contributed by atoms with van der Waals surface area (Å²) in [7, 11) is -3.89. The number of carbonyl (C=O) groups is 1. The Morgan fingerprint density at radius 1 is 1.29 bits per heavy atom. The lowest BCUT2D eigenvalue weighted by Crippen LogP contribution is -2.45. The number of nitrogens with two attached hydrogens (primary N) is 1. The van der Waals surface area contributed by atoms with E-state index in [9.17, 15) is 18.3 Å². The van der Waals surface area contributed by atoms with Crippen LogP contribution in [-0.4, -0.2) is 36.7 Å². The maximum Gasteiger partial charge on any atom is 0.335 e. The molecule has 0 aromatic heterocycles. The van der Waals surface area contributed by atoms with E-state index in [-0.39, 0.29) is 16.1 Å². The molecule has 0 aliphatic heterocycles. The summed E-state index contributed by atoms with van der Waals surface area (Å²) < 4.78 is 27.0. The molecule has 116 valence electrons. The van der Waals surface area contributed by atoms with Crippen LogP contribution in [0, 0.1) is 0 Å². The number of carboxylic acid groups (broad SMARTS) is 1. The quantitative estimate of drug-likeness (QED) is 0.600. The van der Waals surface area contributed by atoms with E-state index in [1.807, 2.05) is 0 Å². The lowest BCUT2D eigenvalue weighted by Gasteiger charge is -2.28. The molecule has 1 saturated carbocycles. The van der Waals surface area contributed by atoms with Crippen LogP contribution in [0.25, 0.3) is 0 Å². The van der Waals surface area contributed by atoms with Crippen LogP contribution < -0.4 is 10.5 Å². The molecule has 7 nitrogen and oxygen atoms in total. The van der Waals surface area contributed by atoms with E-state index in [1.165, 1.54) is 6.07 Å². The fourth-order valence-corrected chi connectivity index (χ4v) is 3.85. The van der Waals surface area contributed by atoms with Crippen molar-refractivity contribution in [1.29, 1.82) is 0 Å². The third-order valence-corrected chi connectivity index (χ3v) is 5.15. The number of nitrogen functional groups attached to an aromatic ring is 1. The van der Waals surface area contributed by atoms with E-state index < -0.39 is 28.1 Å². The highest BCUT2D eigenvalue weighted by Gasteiger charge is 2.29. The Labute approximate surface area is 122 Å². The van der Waals surface area contributed by atoms with Crippen molar-refractivity contribution in [2.45, 2.75) is 42.7 Å². The van der Waals surface area contributed by atoms with Crippen molar-refractivity contribution in [2.24, 2.45) is 0 Å². The molecule has 21 heavy (non-hydrogen) atoms. The molecule has 0 amide bonds. The Kier molecular flexibility index (Phi) is 4.50. The zero-order valence-corrected chi connectivity index (χ0v) is 12.1. The van der Waals surface area contributed by atoms with E-state index in [0.717, 1.165) is 25.0 Å². The van der Waals surface area contributed by atoms with Gasteiger partial charge in [-0.05, 0) is 31.0 Å². The molecule has 0 radical (unpaired) electrons. The van der Waals surface area contributed by atoms with Crippen LogP contribution in [-0.2, 0) is 10.0 Å². The molecule has 0 heterocycles. The van der Waals surface area contributed by atoms with Gasteiger partial charge in [0.15, 0.2) is 0 Å². The van der Waals surface area contributed by atoms with Crippen molar-refractivity contribution < 1.29 is 23.4 Å². The summed E-state index contributed by atoms with van der Waals surface area (Å²) in [6.45, 7) is 0. The summed E-state index contributed by atoms with van der Waals surface area (Å²) in [4.78, 5) is 10.6. The molecule has 1 aromatic carbocycles. The zero-order valence-electron chi connectivity index (χ0n) is 11.3. The lowest BCUT2D eigenvalue weighted by molar-refractivity contribution is 0.0697. The summed E-state index contributed by atoms with van der Waals surface area (Å²) in [6.07, 6.45) is 2.12. The second-order valence-electron chi connectivity index (χ2n) is 5.14. The average Bonchev–Trinajstić information content (AvgIpc) is 2.40. The van der Waals surface area contributed by atoms with Gasteiger partial charge in [0.1, 0.15) is 4.90 Å². The Morgan fingerprint density at radius 3 is 2.52 bits per heavy atom. The number of hydrogen-bond acceptors (Lipinski definition) is 5. The maximum atomic E-state index is 12.3. The highest BCUT2D eigenvalue weighted by Crippen LogP contribution is 2.24. The van der Waals surface area contributed by atoms with Crippen molar-refractivity contribution in [3.05, 3.63) is 23.8 Å². The molecule has 2 atom stereocenters. The topological polar surface area (TPSA) is 130 Å². The van der Waals surface area contributed by atoms with Crippen LogP contribution in [0.15, 0.2) is 23.1 Å². The fourth-order valence-electron chi connectivity index (χ4n) is 2.44. The third-order valence-electron chi connectivity index (χ3n) is 3.58. The summed E-state index contributed by atoms with van der Waals surface area (Å²) in [6, 6.07) is 2.91. The summed E-state index contributed by atoms with van der Waals surface area (Å²) in [5.41, 5.74) is 5.43. The van der Waals surface area contributed by atoms with Crippen molar-refractivity contribution in [2.75, 3.05) is 5.73 Å². The average molecular weight is 314 g/mol. The van der Waals surface area contributed by atoms with Gasteiger partial charge >= 0.3 is 5.97 Å². The van der Waals surface area contributed by atoms with Crippen LogP contribution in [0.3, 0.4) is 0 Å². The number of aliphatic hydroxyl groups is 1. The van der Waals surface area contributed by atoms with Gasteiger partial charge in [0.25, 0.3) is 0 Å². The number of rotatable bonds is 4. The molecule has 2 rings (SSSR count). The van der Waals surface area contributed by atoms with Crippen LogP contribution >= 0.6 is 0 Å². The number of aromatic carboxylic acids is 1. The van der Waals surface area contributed by atoms with Gasteiger partial charge in [0.2, 0.25) is 10.0 Å². The first kappa shape index (κ1) is 15.7. The summed E-state index contributed by atoms with van der Waals surface area (Å²) >= 11 is 0. The highest BCUT2D eigenvalue weighted by atomic mass is 32.2. The second kappa shape index (κ2) is 6.00. The van der Waals surface area contributed by atoms with E-state index in [4.69, 9.17) is 10.8 Å². The monoisotopic (exact) mass is 314 g/mol. The van der Waals surface area contributed by atoms with Crippen molar-refractivity contribution in [3.8, 4) is 0 Å². The predicted octanol–water partition coefficient (Wildman–Crippen LogP) is 0.549. The zero-order chi connectivity index (χ0) is 15.6. The van der Waals surface area contributed by atoms with Crippen LogP contribution in [0.2, 0.25) is 0 Å². The molecule has 1 aliphatic rings. The molecule has 1 aliphatic carbocycles. The molecule has 1 aromatic rings. The van der Waals surface area contributed by atoms with Crippen LogP contribution in [0.5, 0.6) is 0 Å². The lowest BCUT2D eigenvalue weighted by atomic mass is 9.93. The minimum atomic E-state index is -3.89. The molecule has 0 saturated heterocycles. The Morgan fingerprint density at radius 2 is 1.95 bits per heavy atom. The number of anilines is 1. The van der Waals surface area contributed by atoms with Gasteiger partial charge in [0, 0.05) is 6.04 Å². The number of nitrogens with one attached hydrogen (secondary N) is 1. The van der Waals surface area contributed by atoms with Crippen molar-refractivity contribution in [3.63, 3.8) is 0 Å². The smallest absolute Gasteiger partial charge is 0.335 e. The van der Waals surface area contributed by atoms with Gasteiger partial charge in [0.05, 0.1) is 17.4 Å². The first-order valence-corrected chi connectivity index (χ1v) is 8.13. The highest BCUT2D eigenvalue weighted by molar-refractivity contribution is 7.89. The molecule has 0 bridgehead atoms. The molecule has 5 N–H and O–H groups in total. The second-order valence-corrected chi connectivity index (χ2v) is 6.82. The first-order chi connectivity index (χ1) is 9.81. The number of carboxylic acids is 1. The number of aliphatic hydroxyl groups excluding tert-OH is 1. The van der Waals surface area contributed by atoms with Gasteiger partial charge in [-0.1, -0.05) is 12.8 Å². The van der Waals surface area contributed by atoms with Crippen LogP contribution in [0.1, 0.15) is 36.0 Å². The Hall–Kier alpha value is -1.64. The molecule has 2 unspecified atom stereocenters.